The largest absolute Gasteiger partial charge is 0.471 e. The highest BCUT2D eigenvalue weighted by Gasteiger charge is 2.21. The Morgan fingerprint density at radius 1 is 0.971 bits per heavy atom. The smallest absolute Gasteiger partial charge is 0.280 e. The number of rotatable bonds is 7. The fourth-order valence-electron chi connectivity index (χ4n) is 3.43. The molecule has 0 unspecified atom stereocenters. The van der Waals surface area contributed by atoms with Crippen molar-refractivity contribution in [3.63, 3.8) is 0 Å². The highest BCUT2D eigenvalue weighted by atomic mass is 19.3. The minimum atomic E-state index is -2.78. The number of nitrogens with zero attached hydrogens (tertiary/aromatic N) is 4. The van der Waals surface area contributed by atoms with Crippen molar-refractivity contribution in [3.8, 4) is 28.3 Å². The van der Waals surface area contributed by atoms with E-state index >= 15 is 0 Å². The second-order valence-corrected chi connectivity index (χ2v) is 7.39. The van der Waals surface area contributed by atoms with Crippen molar-refractivity contribution < 1.29 is 17.9 Å². The van der Waals surface area contributed by atoms with Gasteiger partial charge in [0.2, 0.25) is 11.8 Å². The Bertz CT molecular complexity index is 1310. The van der Waals surface area contributed by atoms with Crippen LogP contribution >= 0.6 is 0 Å². The van der Waals surface area contributed by atoms with E-state index in [0.29, 0.717) is 39.6 Å². The van der Waals surface area contributed by atoms with Gasteiger partial charge in [-0.1, -0.05) is 6.07 Å². The number of nitrogen functional groups attached to an aromatic ring is 1. The molecule has 3 N–H and O–H groups in total. The van der Waals surface area contributed by atoms with E-state index in [-0.39, 0.29) is 18.4 Å². The zero-order chi connectivity index (χ0) is 24.2. The molecule has 0 aliphatic carbocycles. The quantitative estimate of drug-likeness (QED) is 0.387. The van der Waals surface area contributed by atoms with E-state index in [9.17, 15) is 13.2 Å². The molecule has 0 bridgehead atoms. The van der Waals surface area contributed by atoms with Crippen LogP contribution < -0.4 is 15.8 Å². The van der Waals surface area contributed by atoms with Gasteiger partial charge in [0, 0.05) is 18.3 Å². The number of halogens is 3. The second-order valence-electron chi connectivity index (χ2n) is 7.39. The van der Waals surface area contributed by atoms with Crippen LogP contribution in [0.1, 0.15) is 23.5 Å². The summed E-state index contributed by atoms with van der Waals surface area (Å²) in [6.07, 6.45) is -2.78. The Labute approximate surface area is 193 Å². The minimum Gasteiger partial charge on any atom is -0.471 e. The van der Waals surface area contributed by atoms with Crippen molar-refractivity contribution in [1.82, 2.24) is 19.9 Å². The Kier molecular flexibility index (Phi) is 6.58. The summed E-state index contributed by atoms with van der Waals surface area (Å²) >= 11 is 0. The Balaban J connectivity index is 1.87. The molecule has 10 heteroatoms. The monoisotopic (exact) mass is 466 g/mol. The first-order valence-corrected chi connectivity index (χ1v) is 10.3. The molecule has 0 spiro atoms. The lowest BCUT2D eigenvalue weighted by Crippen LogP contribution is -2.07. The molecule has 0 saturated carbocycles. The summed E-state index contributed by atoms with van der Waals surface area (Å²) in [5.74, 6) is 0.213. The van der Waals surface area contributed by atoms with Crippen molar-refractivity contribution in [2.45, 2.75) is 20.0 Å². The molecule has 3 aromatic heterocycles. The zero-order valence-electron chi connectivity index (χ0n) is 18.4. The van der Waals surface area contributed by atoms with E-state index in [4.69, 9.17) is 10.5 Å². The highest BCUT2D eigenvalue weighted by molar-refractivity contribution is 5.85. The fraction of sp³-hybridized carbons (Fsp3) is 0.167. The summed E-state index contributed by atoms with van der Waals surface area (Å²) in [6, 6.07) is 13.9. The van der Waals surface area contributed by atoms with Crippen LogP contribution in [0.3, 0.4) is 0 Å². The maximum Gasteiger partial charge on any atom is 0.280 e. The number of ether oxygens (including phenoxy) is 1. The maximum atomic E-state index is 13.6. The Hall–Kier alpha value is -4.21. The SMILES string of the molecule is CNc1cccc(COc2nc(N)nc(-c3ccc(F)cc3)c2-c2cc(C)nc(C(F)F)c2)n1. The normalized spacial score (nSPS) is 11.0. The molecule has 0 fully saturated rings. The van der Waals surface area contributed by atoms with Gasteiger partial charge < -0.3 is 15.8 Å². The van der Waals surface area contributed by atoms with E-state index in [0.717, 1.165) is 0 Å². The van der Waals surface area contributed by atoms with Gasteiger partial charge in [0.1, 0.15) is 23.9 Å². The summed E-state index contributed by atoms with van der Waals surface area (Å²) in [4.78, 5) is 16.9. The number of benzene rings is 1. The number of aryl methyl sites for hydroxylation is 1. The standard InChI is InChI=1S/C24H21F3N6O/c1-13-10-15(11-18(30-13)22(26)27)20-21(14-6-8-16(25)9-7-14)32-24(28)33-23(20)34-12-17-4-3-5-19(29-2)31-17/h3-11,22H,12H2,1-2H3,(H,29,31)(H2,28,32,33). The number of hydrogen-bond donors (Lipinski definition) is 2. The van der Waals surface area contributed by atoms with E-state index in [1.165, 1.54) is 30.3 Å². The van der Waals surface area contributed by atoms with E-state index in [1.807, 2.05) is 6.07 Å². The van der Waals surface area contributed by atoms with Crippen LogP contribution in [-0.2, 0) is 6.61 Å². The summed E-state index contributed by atoms with van der Waals surface area (Å²) in [5, 5.41) is 2.95. The van der Waals surface area contributed by atoms with Crippen LogP contribution in [0.2, 0.25) is 0 Å². The van der Waals surface area contributed by atoms with Gasteiger partial charge in [0.25, 0.3) is 6.43 Å². The number of alkyl halides is 2. The maximum absolute atomic E-state index is 13.6. The van der Waals surface area contributed by atoms with Crippen molar-refractivity contribution in [2.24, 2.45) is 0 Å². The molecule has 34 heavy (non-hydrogen) atoms. The molecule has 7 nitrogen and oxygen atoms in total. The van der Waals surface area contributed by atoms with Crippen LogP contribution in [-0.4, -0.2) is 27.0 Å². The Morgan fingerprint density at radius 2 is 1.74 bits per heavy atom. The highest BCUT2D eigenvalue weighted by Crippen LogP contribution is 2.39. The van der Waals surface area contributed by atoms with Gasteiger partial charge in [-0.15, -0.1) is 0 Å². The summed E-state index contributed by atoms with van der Waals surface area (Å²) < 4.78 is 46.6. The van der Waals surface area contributed by atoms with Gasteiger partial charge in [-0.25, -0.2) is 23.1 Å². The molecular formula is C24H21F3N6O. The molecular weight excluding hydrogens is 445 g/mol. The topological polar surface area (TPSA) is 98.8 Å². The third-order valence-corrected chi connectivity index (χ3v) is 4.92. The van der Waals surface area contributed by atoms with Crippen LogP contribution in [0.25, 0.3) is 22.4 Å². The van der Waals surface area contributed by atoms with Crippen molar-refractivity contribution in [3.05, 3.63) is 77.5 Å². The average molecular weight is 466 g/mol. The predicted molar refractivity (Wildman–Crippen MR) is 123 cm³/mol. The van der Waals surface area contributed by atoms with Gasteiger partial charge in [0.05, 0.1) is 17.0 Å². The van der Waals surface area contributed by atoms with E-state index in [1.54, 1.807) is 32.2 Å². The van der Waals surface area contributed by atoms with Gasteiger partial charge >= 0.3 is 0 Å². The lowest BCUT2D eigenvalue weighted by atomic mass is 9.99. The molecule has 4 aromatic rings. The van der Waals surface area contributed by atoms with Crippen molar-refractivity contribution >= 4 is 11.8 Å². The third kappa shape index (κ3) is 5.06. The number of pyridine rings is 2. The molecule has 0 aliphatic heterocycles. The molecule has 174 valence electrons. The van der Waals surface area contributed by atoms with Crippen LogP contribution in [0.5, 0.6) is 5.88 Å². The van der Waals surface area contributed by atoms with Crippen LogP contribution in [0.15, 0.2) is 54.6 Å². The van der Waals surface area contributed by atoms with Gasteiger partial charge in [0.15, 0.2) is 0 Å². The van der Waals surface area contributed by atoms with E-state index < -0.39 is 17.9 Å². The third-order valence-electron chi connectivity index (χ3n) is 4.92. The molecule has 3 heterocycles. The number of aromatic nitrogens is 4. The molecule has 0 saturated heterocycles. The van der Waals surface area contributed by atoms with Gasteiger partial charge in [-0.2, -0.15) is 4.98 Å². The average Bonchev–Trinajstić information content (AvgIpc) is 2.82. The van der Waals surface area contributed by atoms with Crippen LogP contribution in [0.4, 0.5) is 24.9 Å². The second kappa shape index (κ2) is 9.74. The molecule has 0 amide bonds. The first-order valence-electron chi connectivity index (χ1n) is 10.3. The molecule has 0 radical (unpaired) electrons. The van der Waals surface area contributed by atoms with E-state index in [2.05, 4.69) is 25.3 Å². The summed E-state index contributed by atoms with van der Waals surface area (Å²) in [6.45, 7) is 1.65. The minimum absolute atomic E-state index is 0.0353. The fourth-order valence-corrected chi connectivity index (χ4v) is 3.43. The number of nitrogens with two attached hydrogens (primary N) is 1. The first-order chi connectivity index (χ1) is 16.3. The molecule has 1 aromatic carbocycles. The van der Waals surface area contributed by atoms with Gasteiger partial charge in [-0.05, 0) is 61.0 Å². The van der Waals surface area contributed by atoms with Crippen LogP contribution in [0, 0.1) is 12.7 Å². The Morgan fingerprint density at radius 3 is 2.44 bits per heavy atom. The number of hydrogen-bond acceptors (Lipinski definition) is 7. The van der Waals surface area contributed by atoms with Gasteiger partial charge in [-0.3, -0.25) is 4.98 Å². The molecule has 0 aliphatic rings. The molecule has 4 rings (SSSR count). The summed E-state index contributed by atoms with van der Waals surface area (Å²) in [7, 11) is 1.75. The number of nitrogens with one attached hydrogen (secondary N) is 1. The first kappa shape index (κ1) is 23.0. The summed E-state index contributed by atoms with van der Waals surface area (Å²) in [5.41, 5.74) is 8.08. The zero-order valence-corrected chi connectivity index (χ0v) is 18.4. The molecule has 0 atom stereocenters. The lowest BCUT2D eigenvalue weighted by molar-refractivity contribution is 0.146. The number of anilines is 2. The lowest BCUT2D eigenvalue weighted by Gasteiger charge is -2.16. The van der Waals surface area contributed by atoms with Crippen molar-refractivity contribution in [2.75, 3.05) is 18.1 Å². The predicted octanol–water partition coefficient (Wildman–Crippen LogP) is 5.19. The van der Waals surface area contributed by atoms with Crippen molar-refractivity contribution in [1.29, 1.82) is 0 Å².